The highest BCUT2D eigenvalue weighted by Gasteiger charge is 2.25. The average molecular weight is 339 g/mol. The zero-order valence-corrected chi connectivity index (χ0v) is 15.3. The quantitative estimate of drug-likeness (QED) is 0.915. The molecule has 0 saturated carbocycles. The lowest BCUT2D eigenvalue weighted by atomic mass is 9.98. The number of amides is 2. The fourth-order valence-corrected chi connectivity index (χ4v) is 3.53. The SMILES string of the molecule is CC(=O)N1CCCC(NC(=O)c2c(C)c(C)nc3ccc(C)cc23)C1. The smallest absolute Gasteiger partial charge is 0.252 e. The number of carbonyl (C=O) groups is 2. The molecule has 0 radical (unpaired) electrons. The van der Waals surface area contributed by atoms with Crippen LogP contribution in [-0.2, 0) is 4.79 Å². The van der Waals surface area contributed by atoms with Crippen molar-refractivity contribution in [3.05, 3.63) is 40.6 Å². The number of aromatic nitrogens is 1. The number of hydrogen-bond acceptors (Lipinski definition) is 3. The molecule has 1 fully saturated rings. The topological polar surface area (TPSA) is 62.3 Å². The molecule has 1 N–H and O–H groups in total. The Hall–Kier alpha value is -2.43. The Balaban J connectivity index is 1.93. The van der Waals surface area contributed by atoms with Gasteiger partial charge in [0.2, 0.25) is 5.91 Å². The highest BCUT2D eigenvalue weighted by Crippen LogP contribution is 2.24. The van der Waals surface area contributed by atoms with Crippen LogP contribution in [0.15, 0.2) is 18.2 Å². The normalized spacial score (nSPS) is 17.6. The molecule has 1 aromatic carbocycles. The van der Waals surface area contributed by atoms with Crippen molar-refractivity contribution in [3.63, 3.8) is 0 Å². The van der Waals surface area contributed by atoms with Crippen LogP contribution in [0.25, 0.3) is 10.9 Å². The predicted molar refractivity (Wildman–Crippen MR) is 98.7 cm³/mol. The summed E-state index contributed by atoms with van der Waals surface area (Å²) in [7, 11) is 0. The van der Waals surface area contributed by atoms with Crippen LogP contribution >= 0.6 is 0 Å². The summed E-state index contributed by atoms with van der Waals surface area (Å²) in [6, 6.07) is 5.99. The molecule has 0 aliphatic carbocycles. The van der Waals surface area contributed by atoms with E-state index in [2.05, 4.69) is 10.3 Å². The number of likely N-dealkylation sites (tertiary alicyclic amines) is 1. The zero-order chi connectivity index (χ0) is 18.1. The number of nitrogens with zero attached hydrogens (tertiary/aromatic N) is 2. The molecule has 2 aromatic rings. The molecule has 2 amide bonds. The van der Waals surface area contributed by atoms with E-state index < -0.39 is 0 Å². The molecule has 2 heterocycles. The van der Waals surface area contributed by atoms with E-state index in [1.165, 1.54) is 0 Å². The summed E-state index contributed by atoms with van der Waals surface area (Å²) >= 11 is 0. The Morgan fingerprint density at radius 1 is 1.24 bits per heavy atom. The van der Waals surface area contributed by atoms with Crippen LogP contribution in [-0.4, -0.2) is 40.8 Å². The van der Waals surface area contributed by atoms with Gasteiger partial charge in [-0.3, -0.25) is 14.6 Å². The van der Waals surface area contributed by atoms with E-state index in [9.17, 15) is 9.59 Å². The van der Waals surface area contributed by atoms with Gasteiger partial charge in [-0.1, -0.05) is 11.6 Å². The number of fused-ring (bicyclic) bond motifs is 1. The number of rotatable bonds is 2. The maximum Gasteiger partial charge on any atom is 0.252 e. The molecule has 0 bridgehead atoms. The molecule has 1 unspecified atom stereocenters. The minimum atomic E-state index is -0.0750. The molecule has 1 atom stereocenters. The Labute approximate surface area is 148 Å². The Morgan fingerprint density at radius 2 is 2.00 bits per heavy atom. The summed E-state index contributed by atoms with van der Waals surface area (Å²) in [5, 5.41) is 4.03. The molecule has 1 aliphatic rings. The maximum atomic E-state index is 13.0. The average Bonchev–Trinajstić information content (AvgIpc) is 2.56. The number of carbonyl (C=O) groups excluding carboxylic acids is 2. The fourth-order valence-electron chi connectivity index (χ4n) is 3.53. The first-order chi connectivity index (χ1) is 11.9. The van der Waals surface area contributed by atoms with Crippen LogP contribution < -0.4 is 5.32 Å². The third kappa shape index (κ3) is 3.50. The van der Waals surface area contributed by atoms with Crippen LogP contribution in [0.1, 0.15) is 46.9 Å². The fraction of sp³-hybridized carbons (Fsp3) is 0.450. The van der Waals surface area contributed by atoms with Crippen molar-refractivity contribution in [1.29, 1.82) is 0 Å². The summed E-state index contributed by atoms with van der Waals surface area (Å²) < 4.78 is 0. The van der Waals surface area contributed by atoms with Crippen molar-refractivity contribution in [2.75, 3.05) is 13.1 Å². The summed E-state index contributed by atoms with van der Waals surface area (Å²) in [6.07, 6.45) is 1.81. The van der Waals surface area contributed by atoms with E-state index in [1.807, 2.05) is 39.0 Å². The van der Waals surface area contributed by atoms with Crippen LogP contribution in [0.3, 0.4) is 0 Å². The minimum Gasteiger partial charge on any atom is -0.347 e. The van der Waals surface area contributed by atoms with Gasteiger partial charge in [-0.2, -0.15) is 0 Å². The Morgan fingerprint density at radius 3 is 2.72 bits per heavy atom. The van der Waals surface area contributed by atoms with E-state index in [0.29, 0.717) is 12.1 Å². The van der Waals surface area contributed by atoms with Gasteiger partial charge in [-0.15, -0.1) is 0 Å². The first-order valence-electron chi connectivity index (χ1n) is 8.80. The molecule has 1 aliphatic heterocycles. The lowest BCUT2D eigenvalue weighted by Gasteiger charge is -2.32. The highest BCUT2D eigenvalue weighted by atomic mass is 16.2. The van der Waals surface area contributed by atoms with Gasteiger partial charge in [0.15, 0.2) is 0 Å². The van der Waals surface area contributed by atoms with E-state index in [1.54, 1.807) is 11.8 Å². The number of benzene rings is 1. The second-order valence-corrected chi connectivity index (χ2v) is 7.00. The van der Waals surface area contributed by atoms with Gasteiger partial charge in [-0.05, 0) is 51.3 Å². The monoisotopic (exact) mass is 339 g/mol. The van der Waals surface area contributed by atoms with Gasteiger partial charge >= 0.3 is 0 Å². The largest absolute Gasteiger partial charge is 0.347 e. The van der Waals surface area contributed by atoms with E-state index in [0.717, 1.165) is 47.1 Å². The third-order valence-electron chi connectivity index (χ3n) is 5.06. The first-order valence-corrected chi connectivity index (χ1v) is 8.80. The molecule has 25 heavy (non-hydrogen) atoms. The van der Waals surface area contributed by atoms with E-state index in [-0.39, 0.29) is 17.9 Å². The molecule has 132 valence electrons. The standard InChI is InChI=1S/C20H25N3O2/c1-12-7-8-18-17(10-12)19(13(2)14(3)21-18)20(25)22-16-6-5-9-23(11-16)15(4)24/h7-8,10,16H,5-6,9,11H2,1-4H3,(H,22,25). The Bertz CT molecular complexity index is 844. The zero-order valence-electron chi connectivity index (χ0n) is 15.3. The summed E-state index contributed by atoms with van der Waals surface area (Å²) in [5.74, 6) is -0.00929. The van der Waals surface area contributed by atoms with E-state index in [4.69, 9.17) is 0 Å². The van der Waals surface area contributed by atoms with Crippen LogP contribution in [0.4, 0.5) is 0 Å². The molecule has 1 aromatic heterocycles. The van der Waals surface area contributed by atoms with Crippen molar-refractivity contribution in [3.8, 4) is 0 Å². The molecule has 1 saturated heterocycles. The Kier molecular flexibility index (Phi) is 4.75. The molecule has 0 spiro atoms. The molecule has 5 nitrogen and oxygen atoms in total. The van der Waals surface area contributed by atoms with Gasteiger partial charge in [-0.25, -0.2) is 0 Å². The number of pyridine rings is 1. The van der Waals surface area contributed by atoms with Crippen molar-refractivity contribution in [2.24, 2.45) is 0 Å². The lowest BCUT2D eigenvalue weighted by molar-refractivity contribution is -0.130. The highest BCUT2D eigenvalue weighted by molar-refractivity contribution is 6.07. The number of hydrogen-bond donors (Lipinski definition) is 1. The first kappa shape index (κ1) is 17.4. The van der Waals surface area contributed by atoms with Crippen molar-refractivity contribution >= 4 is 22.7 Å². The third-order valence-corrected chi connectivity index (χ3v) is 5.06. The van der Waals surface area contributed by atoms with Crippen molar-refractivity contribution in [1.82, 2.24) is 15.2 Å². The van der Waals surface area contributed by atoms with Crippen LogP contribution in [0.5, 0.6) is 0 Å². The van der Waals surface area contributed by atoms with Crippen LogP contribution in [0.2, 0.25) is 0 Å². The van der Waals surface area contributed by atoms with Crippen molar-refractivity contribution in [2.45, 2.75) is 46.6 Å². The number of nitrogens with one attached hydrogen (secondary N) is 1. The van der Waals surface area contributed by atoms with Gasteiger partial charge in [0.25, 0.3) is 5.91 Å². The van der Waals surface area contributed by atoms with Gasteiger partial charge < -0.3 is 10.2 Å². The summed E-state index contributed by atoms with van der Waals surface area (Å²) in [6.45, 7) is 8.84. The molecule has 3 rings (SSSR count). The maximum absolute atomic E-state index is 13.0. The van der Waals surface area contributed by atoms with Gasteiger partial charge in [0.1, 0.15) is 0 Å². The molecule has 5 heteroatoms. The second-order valence-electron chi connectivity index (χ2n) is 7.00. The number of aryl methyl sites for hydroxylation is 2. The second kappa shape index (κ2) is 6.82. The summed E-state index contributed by atoms with van der Waals surface area (Å²) in [5.41, 5.74) is 4.43. The van der Waals surface area contributed by atoms with Crippen molar-refractivity contribution < 1.29 is 9.59 Å². The molecular weight excluding hydrogens is 314 g/mol. The summed E-state index contributed by atoms with van der Waals surface area (Å²) in [4.78, 5) is 31.1. The van der Waals surface area contributed by atoms with Gasteiger partial charge in [0, 0.05) is 37.1 Å². The lowest BCUT2D eigenvalue weighted by Crippen LogP contribution is -2.49. The van der Waals surface area contributed by atoms with Crippen LogP contribution in [0, 0.1) is 20.8 Å². The predicted octanol–water partition coefficient (Wildman–Crippen LogP) is 2.90. The molecular formula is C20H25N3O2. The van der Waals surface area contributed by atoms with E-state index >= 15 is 0 Å². The minimum absolute atomic E-state index is 0.00196. The van der Waals surface area contributed by atoms with Gasteiger partial charge in [0.05, 0.1) is 11.1 Å². The number of piperidine rings is 1.